The zero-order chi connectivity index (χ0) is 15.8. The first-order valence-electron chi connectivity index (χ1n) is 8.64. The van der Waals surface area contributed by atoms with Crippen LogP contribution in [0.4, 0.5) is 5.69 Å². The van der Waals surface area contributed by atoms with Crippen LogP contribution in [0.5, 0.6) is 0 Å². The second kappa shape index (κ2) is 8.63. The molecule has 0 aliphatic carbocycles. The van der Waals surface area contributed by atoms with E-state index in [1.165, 1.54) is 47.2 Å². The molecule has 0 radical (unpaired) electrons. The number of benzene rings is 2. The van der Waals surface area contributed by atoms with Crippen molar-refractivity contribution in [2.24, 2.45) is 0 Å². The van der Waals surface area contributed by atoms with E-state index in [1.807, 2.05) is 7.05 Å². The average Bonchev–Trinajstić information content (AvgIpc) is 2.58. The quantitative estimate of drug-likeness (QED) is 0.686. The van der Waals surface area contributed by atoms with Crippen LogP contribution in [-0.4, -0.2) is 7.05 Å². The van der Waals surface area contributed by atoms with Crippen LogP contribution in [0, 0.1) is 0 Å². The molecule has 0 aliphatic rings. The van der Waals surface area contributed by atoms with E-state index >= 15 is 0 Å². The lowest BCUT2D eigenvalue weighted by Gasteiger charge is -2.15. The minimum Gasteiger partial charge on any atom is -0.388 e. The molecular formula is C21H29N. The van der Waals surface area contributed by atoms with E-state index in [9.17, 15) is 0 Å². The van der Waals surface area contributed by atoms with E-state index < -0.39 is 0 Å². The zero-order valence-electron chi connectivity index (χ0n) is 14.3. The highest BCUT2D eigenvalue weighted by atomic mass is 14.8. The third-order valence-corrected chi connectivity index (χ3v) is 4.44. The van der Waals surface area contributed by atoms with Crippen LogP contribution in [-0.2, 0) is 25.7 Å². The smallest absolute Gasteiger partial charge is 0.0373 e. The Morgan fingerprint density at radius 2 is 1.55 bits per heavy atom. The molecular weight excluding hydrogens is 266 g/mol. The highest BCUT2D eigenvalue weighted by Gasteiger charge is 2.07. The van der Waals surface area contributed by atoms with Crippen molar-refractivity contribution in [3.63, 3.8) is 0 Å². The molecule has 22 heavy (non-hydrogen) atoms. The molecule has 0 unspecified atom stereocenters. The summed E-state index contributed by atoms with van der Waals surface area (Å²) < 4.78 is 0. The molecule has 0 amide bonds. The summed E-state index contributed by atoms with van der Waals surface area (Å²) >= 11 is 0. The fraction of sp³-hybridized carbons (Fsp3) is 0.429. The fourth-order valence-corrected chi connectivity index (χ4v) is 2.98. The number of aryl methyl sites for hydroxylation is 3. The Labute approximate surface area is 135 Å². The Kier molecular flexibility index (Phi) is 6.51. The number of anilines is 1. The van der Waals surface area contributed by atoms with Crippen LogP contribution in [0.1, 0.15) is 48.9 Å². The van der Waals surface area contributed by atoms with Crippen molar-refractivity contribution in [3.8, 4) is 0 Å². The van der Waals surface area contributed by atoms with Crippen molar-refractivity contribution in [1.82, 2.24) is 0 Å². The third kappa shape index (κ3) is 4.37. The Morgan fingerprint density at radius 3 is 2.18 bits per heavy atom. The Hall–Kier alpha value is -1.76. The van der Waals surface area contributed by atoms with Gasteiger partial charge in [-0.25, -0.2) is 0 Å². The van der Waals surface area contributed by atoms with Gasteiger partial charge in [-0.2, -0.15) is 0 Å². The van der Waals surface area contributed by atoms with Crippen LogP contribution >= 0.6 is 0 Å². The molecule has 0 saturated heterocycles. The minimum absolute atomic E-state index is 1.11. The molecule has 2 aromatic carbocycles. The number of rotatable bonds is 8. The van der Waals surface area contributed by atoms with Crippen molar-refractivity contribution in [1.29, 1.82) is 0 Å². The molecule has 1 nitrogen and oxygen atoms in total. The van der Waals surface area contributed by atoms with Crippen LogP contribution in [0.25, 0.3) is 0 Å². The van der Waals surface area contributed by atoms with Crippen molar-refractivity contribution < 1.29 is 0 Å². The first kappa shape index (κ1) is 16.6. The van der Waals surface area contributed by atoms with Gasteiger partial charge < -0.3 is 5.32 Å². The molecule has 0 saturated carbocycles. The van der Waals surface area contributed by atoms with E-state index in [1.54, 1.807) is 0 Å². The summed E-state index contributed by atoms with van der Waals surface area (Å²) in [6, 6.07) is 15.8. The summed E-state index contributed by atoms with van der Waals surface area (Å²) in [5.74, 6) is 0. The van der Waals surface area contributed by atoms with Crippen LogP contribution < -0.4 is 5.32 Å². The molecule has 0 heterocycles. The second-order valence-electron chi connectivity index (χ2n) is 5.97. The van der Waals surface area contributed by atoms with Gasteiger partial charge in [-0.05, 0) is 60.4 Å². The van der Waals surface area contributed by atoms with Gasteiger partial charge in [-0.3, -0.25) is 0 Å². The number of hydrogen-bond donors (Lipinski definition) is 1. The molecule has 0 bridgehead atoms. The lowest BCUT2D eigenvalue weighted by atomic mass is 9.94. The van der Waals surface area contributed by atoms with E-state index in [0.717, 1.165) is 19.3 Å². The monoisotopic (exact) mass is 295 g/mol. The Balaban J connectivity index is 2.12. The molecule has 118 valence electrons. The Bertz CT molecular complexity index is 569. The largest absolute Gasteiger partial charge is 0.388 e. The predicted molar refractivity (Wildman–Crippen MR) is 97.8 cm³/mol. The molecule has 1 N–H and O–H groups in total. The molecule has 2 aromatic rings. The van der Waals surface area contributed by atoms with Crippen molar-refractivity contribution in [3.05, 3.63) is 64.7 Å². The zero-order valence-corrected chi connectivity index (χ0v) is 14.3. The lowest BCUT2D eigenvalue weighted by molar-refractivity contribution is 0.783. The molecule has 2 rings (SSSR count). The van der Waals surface area contributed by atoms with Gasteiger partial charge in [0.05, 0.1) is 0 Å². The number of hydrogen-bond acceptors (Lipinski definition) is 1. The van der Waals surface area contributed by atoms with Gasteiger partial charge >= 0.3 is 0 Å². The summed E-state index contributed by atoms with van der Waals surface area (Å²) in [5, 5.41) is 3.37. The second-order valence-corrected chi connectivity index (χ2v) is 5.97. The van der Waals surface area contributed by atoms with Crippen molar-refractivity contribution in [2.75, 3.05) is 12.4 Å². The van der Waals surface area contributed by atoms with E-state index in [2.05, 4.69) is 61.6 Å². The number of nitrogens with one attached hydrogen (secondary N) is 1. The highest BCUT2D eigenvalue weighted by molar-refractivity contribution is 5.54. The molecule has 0 aromatic heterocycles. The van der Waals surface area contributed by atoms with Gasteiger partial charge in [0.25, 0.3) is 0 Å². The van der Waals surface area contributed by atoms with Gasteiger partial charge in [0, 0.05) is 12.7 Å². The normalized spacial score (nSPS) is 10.7. The van der Waals surface area contributed by atoms with Gasteiger partial charge in [0.15, 0.2) is 0 Å². The third-order valence-electron chi connectivity index (χ3n) is 4.44. The minimum atomic E-state index is 1.11. The van der Waals surface area contributed by atoms with E-state index in [-0.39, 0.29) is 0 Å². The van der Waals surface area contributed by atoms with Gasteiger partial charge in [0.2, 0.25) is 0 Å². The molecule has 0 aliphatic heterocycles. The molecule has 1 heteroatoms. The first-order valence-corrected chi connectivity index (χ1v) is 8.64. The predicted octanol–water partition coefficient (Wildman–Crippen LogP) is 5.42. The summed E-state index contributed by atoms with van der Waals surface area (Å²) in [5.41, 5.74) is 7.16. The molecule has 0 atom stereocenters. The van der Waals surface area contributed by atoms with Crippen LogP contribution in [0.3, 0.4) is 0 Å². The SMILES string of the molecule is CCCCc1cccc(NC)c1CCc1ccc(CC)cc1. The van der Waals surface area contributed by atoms with Crippen LogP contribution in [0.15, 0.2) is 42.5 Å². The molecule has 0 spiro atoms. The Morgan fingerprint density at radius 1 is 0.818 bits per heavy atom. The van der Waals surface area contributed by atoms with Crippen molar-refractivity contribution >= 4 is 5.69 Å². The average molecular weight is 295 g/mol. The first-order chi connectivity index (χ1) is 10.8. The van der Waals surface area contributed by atoms with Gasteiger partial charge in [-0.15, -0.1) is 0 Å². The fourth-order valence-electron chi connectivity index (χ4n) is 2.98. The maximum atomic E-state index is 3.37. The topological polar surface area (TPSA) is 12.0 Å². The van der Waals surface area contributed by atoms with Gasteiger partial charge in [-0.1, -0.05) is 56.7 Å². The molecule has 0 fully saturated rings. The summed E-state index contributed by atoms with van der Waals surface area (Å²) in [6.07, 6.45) is 7.05. The lowest BCUT2D eigenvalue weighted by Crippen LogP contribution is -2.03. The van der Waals surface area contributed by atoms with Crippen LogP contribution in [0.2, 0.25) is 0 Å². The maximum absolute atomic E-state index is 3.37. The van der Waals surface area contributed by atoms with Crippen molar-refractivity contribution in [2.45, 2.75) is 52.4 Å². The summed E-state index contributed by atoms with van der Waals surface area (Å²) in [7, 11) is 2.03. The van der Waals surface area contributed by atoms with E-state index in [0.29, 0.717) is 0 Å². The number of unbranched alkanes of at least 4 members (excludes halogenated alkanes) is 1. The van der Waals surface area contributed by atoms with E-state index in [4.69, 9.17) is 0 Å². The maximum Gasteiger partial charge on any atom is 0.0373 e. The summed E-state index contributed by atoms with van der Waals surface area (Å²) in [6.45, 7) is 4.47. The highest BCUT2D eigenvalue weighted by Crippen LogP contribution is 2.23. The standard InChI is InChI=1S/C21H29N/c1-4-6-8-19-9-7-10-21(22-3)20(19)16-15-18-13-11-17(5-2)12-14-18/h7,9-14,22H,4-6,8,15-16H2,1-3H3. The van der Waals surface area contributed by atoms with Gasteiger partial charge in [0.1, 0.15) is 0 Å². The summed E-state index contributed by atoms with van der Waals surface area (Å²) in [4.78, 5) is 0.